The van der Waals surface area contributed by atoms with Gasteiger partial charge in [-0.15, -0.1) is 24.0 Å². The van der Waals surface area contributed by atoms with Gasteiger partial charge in [0.25, 0.3) is 0 Å². The van der Waals surface area contributed by atoms with Gasteiger partial charge < -0.3 is 24.4 Å². The topological polar surface area (TPSA) is 48.3 Å². The number of guanidine groups is 1. The van der Waals surface area contributed by atoms with Gasteiger partial charge in [-0.2, -0.15) is 0 Å². The third-order valence-corrected chi connectivity index (χ3v) is 5.77. The highest BCUT2D eigenvalue weighted by atomic mass is 127. The van der Waals surface area contributed by atoms with Gasteiger partial charge in [-0.25, -0.2) is 0 Å². The van der Waals surface area contributed by atoms with Gasteiger partial charge in [0.2, 0.25) is 0 Å². The van der Waals surface area contributed by atoms with Crippen molar-refractivity contribution in [3.8, 4) is 5.75 Å². The van der Waals surface area contributed by atoms with E-state index in [2.05, 4.69) is 74.1 Å². The second-order valence-electron chi connectivity index (χ2n) is 7.82. The molecule has 0 bridgehead atoms. The van der Waals surface area contributed by atoms with E-state index in [1.54, 1.807) is 7.11 Å². The van der Waals surface area contributed by atoms with Crippen molar-refractivity contribution in [1.82, 2.24) is 19.7 Å². The van der Waals surface area contributed by atoms with Crippen LogP contribution >= 0.6 is 24.0 Å². The molecule has 3 rings (SSSR count). The lowest BCUT2D eigenvalue weighted by Crippen LogP contribution is -2.47. The van der Waals surface area contributed by atoms with E-state index in [0.717, 1.165) is 63.9 Å². The first kappa shape index (κ1) is 25.3. The van der Waals surface area contributed by atoms with Crippen molar-refractivity contribution in [2.75, 3.05) is 65.4 Å². The van der Waals surface area contributed by atoms with Crippen LogP contribution in [-0.4, -0.2) is 80.8 Å². The standard InChI is InChI=1S/C23H36N6O.HI/c1-24-23(27(3)19-21-7-5-13-26(21)2)25-12-6-14-28-15-17-29(18-16-28)20-8-10-22(30-4)11-9-20;/h5,7-11,13H,6,12,14-19H2,1-4H3,(H,24,25);1H. The molecule has 0 radical (unpaired) electrons. The van der Waals surface area contributed by atoms with Crippen LogP contribution in [0.5, 0.6) is 5.75 Å². The molecule has 0 atom stereocenters. The van der Waals surface area contributed by atoms with Gasteiger partial charge in [-0.05, 0) is 49.4 Å². The summed E-state index contributed by atoms with van der Waals surface area (Å²) < 4.78 is 7.40. The third-order valence-electron chi connectivity index (χ3n) is 5.77. The molecule has 1 aliphatic rings. The van der Waals surface area contributed by atoms with E-state index in [4.69, 9.17) is 4.74 Å². The fourth-order valence-electron chi connectivity index (χ4n) is 3.89. The Kier molecular flexibility index (Phi) is 10.5. The van der Waals surface area contributed by atoms with Crippen LogP contribution in [0.2, 0.25) is 0 Å². The number of nitrogens with one attached hydrogen (secondary N) is 1. The van der Waals surface area contributed by atoms with Gasteiger partial charge in [0, 0.05) is 71.4 Å². The minimum Gasteiger partial charge on any atom is -0.497 e. The Balaban J connectivity index is 0.00000341. The lowest BCUT2D eigenvalue weighted by atomic mass is 10.2. The van der Waals surface area contributed by atoms with Crippen molar-refractivity contribution < 1.29 is 4.74 Å². The van der Waals surface area contributed by atoms with Gasteiger partial charge in [0.1, 0.15) is 5.75 Å². The molecule has 0 unspecified atom stereocenters. The van der Waals surface area contributed by atoms with E-state index in [9.17, 15) is 0 Å². The zero-order valence-corrected chi connectivity index (χ0v) is 21.6. The zero-order chi connectivity index (χ0) is 21.3. The molecular formula is C23H37IN6O. The predicted molar refractivity (Wildman–Crippen MR) is 140 cm³/mol. The summed E-state index contributed by atoms with van der Waals surface area (Å²) in [5.41, 5.74) is 2.55. The Labute approximate surface area is 204 Å². The molecule has 0 aliphatic carbocycles. The van der Waals surface area contributed by atoms with E-state index in [1.165, 1.54) is 11.4 Å². The minimum absolute atomic E-state index is 0. The monoisotopic (exact) mass is 540 g/mol. The van der Waals surface area contributed by atoms with Crippen LogP contribution in [0.3, 0.4) is 0 Å². The fraction of sp³-hybridized carbons (Fsp3) is 0.522. The number of aliphatic imine (C=N–C) groups is 1. The van der Waals surface area contributed by atoms with Gasteiger partial charge in [-0.3, -0.25) is 9.89 Å². The number of hydrogen-bond donors (Lipinski definition) is 1. The normalized spacial score (nSPS) is 14.8. The van der Waals surface area contributed by atoms with E-state index in [0.29, 0.717) is 0 Å². The number of piperazine rings is 1. The summed E-state index contributed by atoms with van der Waals surface area (Å²) in [5.74, 6) is 1.86. The molecule has 0 amide bonds. The number of anilines is 1. The number of halogens is 1. The number of ether oxygens (including phenoxy) is 1. The molecule has 2 aromatic rings. The number of nitrogens with zero attached hydrogens (tertiary/aromatic N) is 5. The molecule has 0 saturated carbocycles. The summed E-state index contributed by atoms with van der Waals surface area (Å²) in [4.78, 5) is 11.6. The van der Waals surface area contributed by atoms with Crippen LogP contribution in [0.4, 0.5) is 5.69 Å². The zero-order valence-electron chi connectivity index (χ0n) is 19.3. The van der Waals surface area contributed by atoms with Crippen molar-refractivity contribution in [3.05, 3.63) is 48.3 Å². The molecule has 1 aromatic heterocycles. The second-order valence-corrected chi connectivity index (χ2v) is 7.82. The molecule has 1 aliphatic heterocycles. The van der Waals surface area contributed by atoms with Gasteiger partial charge in [0.05, 0.1) is 13.7 Å². The quantitative estimate of drug-likeness (QED) is 0.242. The lowest BCUT2D eigenvalue weighted by molar-refractivity contribution is 0.255. The van der Waals surface area contributed by atoms with Crippen LogP contribution in [0.25, 0.3) is 0 Å². The van der Waals surface area contributed by atoms with Crippen molar-refractivity contribution >= 4 is 35.6 Å². The molecular weight excluding hydrogens is 503 g/mol. The molecule has 1 N–H and O–H groups in total. The minimum atomic E-state index is 0. The predicted octanol–water partition coefficient (Wildman–Crippen LogP) is 2.87. The molecule has 8 heteroatoms. The van der Waals surface area contributed by atoms with Gasteiger partial charge in [0.15, 0.2) is 5.96 Å². The molecule has 172 valence electrons. The Morgan fingerprint density at radius 1 is 1.13 bits per heavy atom. The molecule has 1 saturated heterocycles. The molecule has 2 heterocycles. The maximum Gasteiger partial charge on any atom is 0.193 e. The summed E-state index contributed by atoms with van der Waals surface area (Å²) in [6.07, 6.45) is 3.19. The summed E-state index contributed by atoms with van der Waals surface area (Å²) in [6.45, 7) is 7.24. The van der Waals surface area contributed by atoms with E-state index in [-0.39, 0.29) is 24.0 Å². The van der Waals surface area contributed by atoms with E-state index in [1.807, 2.05) is 19.2 Å². The number of methoxy groups -OCH3 is 1. The fourth-order valence-corrected chi connectivity index (χ4v) is 3.89. The van der Waals surface area contributed by atoms with Crippen LogP contribution in [-0.2, 0) is 13.6 Å². The number of hydrogen-bond acceptors (Lipinski definition) is 4. The number of aryl methyl sites for hydroxylation is 1. The van der Waals surface area contributed by atoms with Gasteiger partial charge >= 0.3 is 0 Å². The van der Waals surface area contributed by atoms with Crippen LogP contribution in [0.1, 0.15) is 12.1 Å². The first-order valence-corrected chi connectivity index (χ1v) is 10.7. The van der Waals surface area contributed by atoms with E-state index < -0.39 is 0 Å². The van der Waals surface area contributed by atoms with Crippen molar-refractivity contribution in [1.29, 1.82) is 0 Å². The third kappa shape index (κ3) is 7.31. The number of aromatic nitrogens is 1. The Bertz CT molecular complexity index is 799. The second kappa shape index (κ2) is 12.8. The van der Waals surface area contributed by atoms with E-state index >= 15 is 0 Å². The highest BCUT2D eigenvalue weighted by molar-refractivity contribution is 14.0. The number of rotatable bonds is 8. The Hall–Kier alpha value is -1.94. The first-order valence-electron chi connectivity index (χ1n) is 10.7. The van der Waals surface area contributed by atoms with Gasteiger partial charge in [-0.1, -0.05) is 0 Å². The average molecular weight is 540 g/mol. The van der Waals surface area contributed by atoms with Crippen LogP contribution < -0.4 is 15.0 Å². The largest absolute Gasteiger partial charge is 0.497 e. The SMILES string of the molecule is CN=C(NCCCN1CCN(c2ccc(OC)cc2)CC1)N(C)Cc1cccn1C.I. The molecule has 31 heavy (non-hydrogen) atoms. The maximum atomic E-state index is 5.25. The van der Waals surface area contributed by atoms with Crippen LogP contribution in [0, 0.1) is 0 Å². The summed E-state index contributed by atoms with van der Waals surface area (Å²) >= 11 is 0. The molecule has 1 fully saturated rings. The Morgan fingerprint density at radius 2 is 1.84 bits per heavy atom. The van der Waals surface area contributed by atoms with Crippen molar-refractivity contribution in [3.63, 3.8) is 0 Å². The lowest BCUT2D eigenvalue weighted by Gasteiger charge is -2.36. The highest BCUT2D eigenvalue weighted by Crippen LogP contribution is 2.20. The highest BCUT2D eigenvalue weighted by Gasteiger charge is 2.17. The van der Waals surface area contributed by atoms with Crippen LogP contribution in [0.15, 0.2) is 47.6 Å². The number of benzene rings is 1. The smallest absolute Gasteiger partial charge is 0.193 e. The Morgan fingerprint density at radius 3 is 2.42 bits per heavy atom. The van der Waals surface area contributed by atoms with Crippen molar-refractivity contribution in [2.45, 2.75) is 13.0 Å². The summed E-state index contributed by atoms with van der Waals surface area (Å²) in [6, 6.07) is 12.6. The summed E-state index contributed by atoms with van der Waals surface area (Å²) in [5, 5.41) is 3.50. The molecule has 7 nitrogen and oxygen atoms in total. The average Bonchev–Trinajstić information content (AvgIpc) is 3.18. The maximum absolute atomic E-state index is 5.25. The first-order chi connectivity index (χ1) is 14.6. The molecule has 0 spiro atoms. The van der Waals surface area contributed by atoms with Crippen molar-refractivity contribution in [2.24, 2.45) is 12.0 Å². The summed E-state index contributed by atoms with van der Waals surface area (Å²) in [7, 11) is 7.72. The molecule has 1 aromatic carbocycles.